The van der Waals surface area contributed by atoms with Crippen LogP contribution >= 0.6 is 0 Å². The summed E-state index contributed by atoms with van der Waals surface area (Å²) in [6, 6.07) is 2.57. The van der Waals surface area contributed by atoms with E-state index >= 15 is 0 Å². The highest BCUT2D eigenvalue weighted by Gasteiger charge is 2.19. The van der Waals surface area contributed by atoms with Crippen LogP contribution in [-0.2, 0) is 9.53 Å². The highest BCUT2D eigenvalue weighted by molar-refractivity contribution is 5.95. The summed E-state index contributed by atoms with van der Waals surface area (Å²) in [6.07, 6.45) is -1.12. The fourth-order valence-corrected chi connectivity index (χ4v) is 1.54. The molecule has 1 unspecified atom stereocenters. The Balaban J connectivity index is 2.77. The molecular weight excluding hydrogens is 287 g/mol. The standard InChI is InChI=1S/C12H13FN2O6/c1-21-8(5-11(16)17)6-14-12(18)9-4-7(15(19)20)2-3-10(9)13/h2-4,8H,5-6H2,1H3,(H,14,18)(H,16,17). The Morgan fingerprint density at radius 3 is 2.71 bits per heavy atom. The molecule has 0 saturated heterocycles. The number of methoxy groups -OCH3 is 1. The van der Waals surface area contributed by atoms with Crippen molar-refractivity contribution in [2.75, 3.05) is 13.7 Å². The lowest BCUT2D eigenvalue weighted by atomic mass is 10.1. The molecule has 1 aromatic carbocycles. The van der Waals surface area contributed by atoms with Gasteiger partial charge in [0, 0.05) is 25.8 Å². The number of benzene rings is 1. The number of rotatable bonds is 7. The van der Waals surface area contributed by atoms with Crippen molar-refractivity contribution in [1.29, 1.82) is 0 Å². The Labute approximate surface area is 118 Å². The fraction of sp³-hybridized carbons (Fsp3) is 0.333. The second-order valence-corrected chi connectivity index (χ2v) is 4.09. The molecule has 0 aromatic heterocycles. The second-order valence-electron chi connectivity index (χ2n) is 4.09. The Morgan fingerprint density at radius 2 is 2.19 bits per heavy atom. The van der Waals surface area contributed by atoms with Crippen LogP contribution in [0, 0.1) is 15.9 Å². The molecule has 0 spiro atoms. The van der Waals surface area contributed by atoms with Gasteiger partial charge in [-0.1, -0.05) is 0 Å². The number of ether oxygens (including phenoxy) is 1. The summed E-state index contributed by atoms with van der Waals surface area (Å²) in [5.74, 6) is -2.91. The molecule has 1 atom stereocenters. The average molecular weight is 300 g/mol. The zero-order valence-electron chi connectivity index (χ0n) is 11.0. The van der Waals surface area contributed by atoms with Gasteiger partial charge in [-0.3, -0.25) is 19.7 Å². The summed E-state index contributed by atoms with van der Waals surface area (Å²) in [6.45, 7) is -0.163. The van der Waals surface area contributed by atoms with E-state index in [1.807, 2.05) is 0 Å². The molecule has 0 aliphatic rings. The topological polar surface area (TPSA) is 119 Å². The largest absolute Gasteiger partial charge is 0.481 e. The first-order chi connectivity index (χ1) is 9.85. The molecular formula is C12H13FN2O6. The number of aliphatic carboxylic acids is 1. The number of nitro benzene ring substituents is 1. The zero-order valence-corrected chi connectivity index (χ0v) is 11.0. The Bertz CT molecular complexity index is 563. The molecule has 8 nitrogen and oxygen atoms in total. The van der Waals surface area contributed by atoms with Crippen LogP contribution in [0.15, 0.2) is 18.2 Å². The quantitative estimate of drug-likeness (QED) is 0.571. The summed E-state index contributed by atoms with van der Waals surface area (Å²) in [4.78, 5) is 32.1. The van der Waals surface area contributed by atoms with Crippen LogP contribution in [0.3, 0.4) is 0 Å². The first-order valence-corrected chi connectivity index (χ1v) is 5.82. The molecule has 0 aliphatic carbocycles. The summed E-state index contributed by atoms with van der Waals surface area (Å²) >= 11 is 0. The number of carboxylic acids is 1. The van der Waals surface area contributed by atoms with Gasteiger partial charge in [0.2, 0.25) is 0 Å². The molecule has 0 aliphatic heterocycles. The molecule has 21 heavy (non-hydrogen) atoms. The van der Waals surface area contributed by atoms with Gasteiger partial charge < -0.3 is 15.2 Å². The van der Waals surface area contributed by atoms with Crippen LogP contribution in [0.25, 0.3) is 0 Å². The normalized spacial score (nSPS) is 11.7. The van der Waals surface area contributed by atoms with E-state index in [1.165, 1.54) is 7.11 Å². The third kappa shape index (κ3) is 4.80. The third-order valence-corrected chi connectivity index (χ3v) is 2.63. The molecule has 1 aromatic rings. The highest BCUT2D eigenvalue weighted by atomic mass is 19.1. The van der Waals surface area contributed by atoms with Crippen LogP contribution in [0.5, 0.6) is 0 Å². The van der Waals surface area contributed by atoms with Crippen molar-refractivity contribution in [3.8, 4) is 0 Å². The number of nitro groups is 1. The van der Waals surface area contributed by atoms with Gasteiger partial charge in [0.1, 0.15) is 5.82 Å². The van der Waals surface area contributed by atoms with E-state index in [2.05, 4.69) is 5.32 Å². The number of hydrogen-bond donors (Lipinski definition) is 2. The minimum atomic E-state index is -1.11. The van der Waals surface area contributed by atoms with E-state index in [-0.39, 0.29) is 13.0 Å². The van der Waals surface area contributed by atoms with E-state index in [1.54, 1.807) is 0 Å². The lowest BCUT2D eigenvalue weighted by Crippen LogP contribution is -2.34. The second kappa shape index (κ2) is 7.29. The van der Waals surface area contributed by atoms with Crippen LogP contribution in [-0.4, -0.2) is 41.7 Å². The smallest absolute Gasteiger partial charge is 0.306 e. The number of hydrogen-bond acceptors (Lipinski definition) is 5. The summed E-state index contributed by atoms with van der Waals surface area (Å²) in [5.41, 5.74) is -0.912. The first kappa shape index (κ1) is 16.5. The number of non-ortho nitro benzene ring substituents is 1. The van der Waals surface area contributed by atoms with E-state index in [4.69, 9.17) is 9.84 Å². The van der Waals surface area contributed by atoms with Gasteiger partial charge in [-0.25, -0.2) is 4.39 Å². The van der Waals surface area contributed by atoms with Crippen molar-refractivity contribution in [1.82, 2.24) is 5.32 Å². The Morgan fingerprint density at radius 1 is 1.52 bits per heavy atom. The van der Waals surface area contributed by atoms with Gasteiger partial charge in [-0.15, -0.1) is 0 Å². The predicted molar refractivity (Wildman–Crippen MR) is 68.4 cm³/mol. The maximum Gasteiger partial charge on any atom is 0.306 e. The third-order valence-electron chi connectivity index (χ3n) is 2.63. The molecule has 2 N–H and O–H groups in total. The number of amides is 1. The predicted octanol–water partition coefficient (Wildman–Crippen LogP) is 0.953. The molecule has 0 radical (unpaired) electrons. The lowest BCUT2D eigenvalue weighted by Gasteiger charge is -2.14. The summed E-state index contributed by atoms with van der Waals surface area (Å²) in [7, 11) is 1.27. The number of nitrogens with zero attached hydrogens (tertiary/aromatic N) is 1. The van der Waals surface area contributed by atoms with Crippen LogP contribution in [0.1, 0.15) is 16.8 Å². The number of halogens is 1. The van der Waals surface area contributed by atoms with Crippen molar-refractivity contribution in [2.45, 2.75) is 12.5 Å². The molecule has 1 rings (SSSR count). The van der Waals surface area contributed by atoms with Crippen molar-refractivity contribution in [3.63, 3.8) is 0 Å². The first-order valence-electron chi connectivity index (χ1n) is 5.82. The maximum atomic E-state index is 13.5. The van der Waals surface area contributed by atoms with E-state index < -0.39 is 40.0 Å². The van der Waals surface area contributed by atoms with Gasteiger partial charge in [-0.2, -0.15) is 0 Å². The van der Waals surface area contributed by atoms with Crippen molar-refractivity contribution in [2.24, 2.45) is 0 Å². The minimum absolute atomic E-state index is 0.163. The van der Waals surface area contributed by atoms with Gasteiger partial charge in [0.25, 0.3) is 11.6 Å². The fourth-order valence-electron chi connectivity index (χ4n) is 1.54. The van der Waals surface area contributed by atoms with Crippen LogP contribution in [0.2, 0.25) is 0 Å². The van der Waals surface area contributed by atoms with Gasteiger partial charge in [0.05, 0.1) is 23.0 Å². The van der Waals surface area contributed by atoms with Crippen LogP contribution in [0.4, 0.5) is 10.1 Å². The van der Waals surface area contributed by atoms with E-state index in [9.17, 15) is 24.1 Å². The van der Waals surface area contributed by atoms with Gasteiger partial charge >= 0.3 is 5.97 Å². The Kier molecular flexibility index (Phi) is 5.73. The monoisotopic (exact) mass is 300 g/mol. The van der Waals surface area contributed by atoms with Crippen molar-refractivity contribution < 1.29 is 28.7 Å². The van der Waals surface area contributed by atoms with Crippen molar-refractivity contribution >= 4 is 17.6 Å². The summed E-state index contributed by atoms with van der Waals surface area (Å²) < 4.78 is 18.3. The SMILES string of the molecule is COC(CNC(=O)c1cc([N+](=O)[O-])ccc1F)CC(=O)O. The molecule has 0 saturated carbocycles. The van der Waals surface area contributed by atoms with Gasteiger partial charge in [0.15, 0.2) is 0 Å². The zero-order chi connectivity index (χ0) is 16.0. The molecule has 9 heteroatoms. The average Bonchev–Trinajstić information content (AvgIpc) is 2.42. The summed E-state index contributed by atoms with van der Waals surface area (Å²) in [5, 5.41) is 21.5. The molecule has 114 valence electrons. The molecule has 0 heterocycles. The molecule has 1 amide bonds. The maximum absolute atomic E-state index is 13.5. The minimum Gasteiger partial charge on any atom is -0.481 e. The highest BCUT2D eigenvalue weighted by Crippen LogP contribution is 2.16. The number of carboxylic acid groups (broad SMARTS) is 1. The lowest BCUT2D eigenvalue weighted by molar-refractivity contribution is -0.384. The number of nitrogens with one attached hydrogen (secondary N) is 1. The number of carbonyl (C=O) groups is 2. The van der Waals surface area contributed by atoms with Crippen molar-refractivity contribution in [3.05, 3.63) is 39.7 Å². The Hall–Kier alpha value is -2.55. The van der Waals surface area contributed by atoms with Gasteiger partial charge in [-0.05, 0) is 6.07 Å². The van der Waals surface area contributed by atoms with E-state index in [0.29, 0.717) is 0 Å². The number of carbonyl (C=O) groups excluding carboxylic acids is 1. The molecule has 0 bridgehead atoms. The molecule has 0 fully saturated rings. The van der Waals surface area contributed by atoms with E-state index in [0.717, 1.165) is 18.2 Å². The van der Waals surface area contributed by atoms with Crippen LogP contribution < -0.4 is 5.32 Å².